The number of rotatable bonds is 4. The number of fused-ring (bicyclic) bond motifs is 5. The van der Waals surface area contributed by atoms with E-state index in [1.54, 1.807) is 0 Å². The average molecular weight is 476 g/mol. The number of aryl methyl sites for hydroxylation is 4. The van der Waals surface area contributed by atoms with Crippen LogP contribution in [0.2, 0.25) is 0 Å². The highest BCUT2D eigenvalue weighted by Gasteiger charge is 2.60. The second-order valence-electron chi connectivity index (χ2n) is 11.8. The van der Waals surface area contributed by atoms with Gasteiger partial charge in [0, 0.05) is 23.0 Å². The molecule has 2 nitrogen and oxygen atoms in total. The number of nitrogens with zero attached hydrogens (tertiary/aromatic N) is 1. The normalized spacial score (nSPS) is 26.4. The van der Waals surface area contributed by atoms with Crippen LogP contribution in [0, 0.1) is 33.6 Å². The Bertz CT molecular complexity index is 1320. The van der Waals surface area contributed by atoms with Gasteiger partial charge < -0.3 is 9.64 Å². The Balaban J connectivity index is 1.37. The highest BCUT2D eigenvalue weighted by molar-refractivity contribution is 5.79. The smallest absolute Gasteiger partial charge is 0.0879 e. The summed E-state index contributed by atoms with van der Waals surface area (Å²) in [5, 5.41) is 0. The van der Waals surface area contributed by atoms with E-state index in [0.29, 0.717) is 5.92 Å². The molecule has 0 aromatic heterocycles. The summed E-state index contributed by atoms with van der Waals surface area (Å²) in [5.74, 6) is 0.498. The number of anilines is 3. The number of hydrogen-bond donors (Lipinski definition) is 0. The minimum absolute atomic E-state index is 0.0110. The molecule has 2 heteroatoms. The van der Waals surface area contributed by atoms with Crippen LogP contribution in [0.25, 0.3) is 5.57 Å². The first kappa shape index (κ1) is 23.3. The van der Waals surface area contributed by atoms with Gasteiger partial charge in [0.15, 0.2) is 0 Å². The van der Waals surface area contributed by atoms with Crippen LogP contribution in [0.15, 0.2) is 78.4 Å². The van der Waals surface area contributed by atoms with E-state index in [1.807, 2.05) is 0 Å². The summed E-state index contributed by atoms with van der Waals surface area (Å²) in [5.41, 5.74) is 12.9. The van der Waals surface area contributed by atoms with E-state index < -0.39 is 0 Å². The van der Waals surface area contributed by atoms with E-state index in [-0.39, 0.29) is 11.2 Å². The maximum Gasteiger partial charge on any atom is 0.0879 e. The van der Waals surface area contributed by atoms with Crippen molar-refractivity contribution in [3.63, 3.8) is 0 Å². The largest absolute Gasteiger partial charge is 0.364 e. The fourth-order valence-electron chi connectivity index (χ4n) is 6.99. The molecule has 2 aliphatic heterocycles. The molecule has 3 atom stereocenters. The molecule has 3 unspecified atom stereocenters. The molecule has 2 saturated heterocycles. The molecule has 3 aromatic carbocycles. The number of ether oxygens (including phenoxy) is 1. The fraction of sp³-hybridized carbons (Fsp3) is 0.353. The predicted molar refractivity (Wildman–Crippen MR) is 151 cm³/mol. The molecular weight excluding hydrogens is 438 g/mol. The van der Waals surface area contributed by atoms with Crippen molar-refractivity contribution in [2.75, 3.05) is 4.90 Å². The average Bonchev–Trinajstić information content (AvgIpc) is 3.25. The molecule has 0 N–H and O–H groups in total. The van der Waals surface area contributed by atoms with Gasteiger partial charge in [0.05, 0.1) is 11.2 Å². The Morgan fingerprint density at radius 1 is 0.694 bits per heavy atom. The van der Waals surface area contributed by atoms with Gasteiger partial charge in [-0.05, 0) is 136 Å². The van der Waals surface area contributed by atoms with Crippen molar-refractivity contribution in [3.8, 4) is 0 Å². The van der Waals surface area contributed by atoms with Gasteiger partial charge in [0.25, 0.3) is 0 Å². The first-order chi connectivity index (χ1) is 17.1. The van der Waals surface area contributed by atoms with Gasteiger partial charge in [-0.3, -0.25) is 0 Å². The van der Waals surface area contributed by atoms with Crippen LogP contribution in [-0.4, -0.2) is 11.2 Å². The lowest BCUT2D eigenvalue weighted by atomic mass is 9.67. The monoisotopic (exact) mass is 475 g/mol. The Labute approximate surface area is 216 Å². The fourth-order valence-corrected chi connectivity index (χ4v) is 6.99. The molecule has 3 aromatic rings. The molecule has 6 rings (SSSR count). The summed E-state index contributed by atoms with van der Waals surface area (Å²) < 4.78 is 6.56. The van der Waals surface area contributed by atoms with Crippen LogP contribution in [0.5, 0.6) is 0 Å². The third-order valence-electron chi connectivity index (χ3n) is 8.59. The van der Waals surface area contributed by atoms with Crippen molar-refractivity contribution in [1.29, 1.82) is 0 Å². The quantitative estimate of drug-likeness (QED) is 0.373. The molecule has 0 amide bonds. The molecular formula is C34H37NO. The van der Waals surface area contributed by atoms with E-state index in [0.717, 1.165) is 12.8 Å². The Morgan fingerprint density at radius 3 is 1.81 bits per heavy atom. The lowest BCUT2D eigenvalue weighted by molar-refractivity contribution is -0.0334. The van der Waals surface area contributed by atoms with Crippen LogP contribution >= 0.6 is 0 Å². The van der Waals surface area contributed by atoms with Crippen molar-refractivity contribution in [1.82, 2.24) is 0 Å². The molecule has 36 heavy (non-hydrogen) atoms. The maximum absolute atomic E-state index is 6.56. The van der Waals surface area contributed by atoms with Crippen LogP contribution in [0.1, 0.15) is 60.9 Å². The Kier molecular flexibility index (Phi) is 5.32. The van der Waals surface area contributed by atoms with Gasteiger partial charge >= 0.3 is 0 Å². The number of hydrogen-bond acceptors (Lipinski definition) is 2. The minimum atomic E-state index is -0.0519. The summed E-state index contributed by atoms with van der Waals surface area (Å²) in [6, 6.07) is 22.8. The van der Waals surface area contributed by atoms with Crippen molar-refractivity contribution in [3.05, 3.63) is 106 Å². The molecule has 3 aliphatic rings. The molecule has 0 spiro atoms. The SMILES string of the molecule is Cc1cc(C)cc(N(c2ccc(C3=CC=C4C(C3)C3(C)CCC4(C)O3)cc2)c2cc(C)cc(C)c2)c1. The van der Waals surface area contributed by atoms with Gasteiger partial charge in [0.1, 0.15) is 0 Å². The lowest BCUT2D eigenvalue weighted by Gasteiger charge is -2.34. The van der Waals surface area contributed by atoms with Gasteiger partial charge in [0.2, 0.25) is 0 Å². The molecule has 0 radical (unpaired) electrons. The summed E-state index contributed by atoms with van der Waals surface area (Å²) in [4.78, 5) is 2.39. The molecule has 2 heterocycles. The number of benzene rings is 3. The van der Waals surface area contributed by atoms with E-state index in [9.17, 15) is 0 Å². The molecule has 0 saturated carbocycles. The van der Waals surface area contributed by atoms with E-state index in [1.165, 1.54) is 62.4 Å². The zero-order valence-corrected chi connectivity index (χ0v) is 22.5. The second-order valence-corrected chi connectivity index (χ2v) is 11.8. The van der Waals surface area contributed by atoms with Crippen LogP contribution < -0.4 is 4.90 Å². The summed E-state index contributed by atoms with van der Waals surface area (Å²) in [6.07, 6.45) is 8.08. The van der Waals surface area contributed by atoms with Crippen molar-refractivity contribution < 1.29 is 4.74 Å². The van der Waals surface area contributed by atoms with E-state index >= 15 is 0 Å². The van der Waals surface area contributed by atoms with Crippen molar-refractivity contribution in [2.45, 2.75) is 72.0 Å². The first-order valence-corrected chi connectivity index (χ1v) is 13.3. The molecule has 184 valence electrons. The zero-order chi connectivity index (χ0) is 25.2. The summed E-state index contributed by atoms with van der Waals surface area (Å²) in [7, 11) is 0. The van der Waals surface area contributed by atoms with Gasteiger partial charge in [-0.15, -0.1) is 0 Å². The highest BCUT2D eigenvalue weighted by atomic mass is 16.5. The highest BCUT2D eigenvalue weighted by Crippen LogP contribution is 2.60. The third kappa shape index (κ3) is 3.83. The lowest BCUT2D eigenvalue weighted by Crippen LogP contribution is -2.33. The zero-order valence-electron chi connectivity index (χ0n) is 22.5. The van der Waals surface area contributed by atoms with Crippen LogP contribution in [0.3, 0.4) is 0 Å². The predicted octanol–water partition coefficient (Wildman–Crippen LogP) is 9.06. The third-order valence-corrected chi connectivity index (χ3v) is 8.59. The second kappa shape index (κ2) is 8.21. The van der Waals surface area contributed by atoms with Crippen LogP contribution in [0.4, 0.5) is 17.1 Å². The number of allylic oxidation sites excluding steroid dienone is 3. The topological polar surface area (TPSA) is 12.5 Å². The minimum Gasteiger partial charge on any atom is -0.364 e. The molecule has 2 bridgehead atoms. The van der Waals surface area contributed by atoms with Gasteiger partial charge in [-0.1, -0.05) is 36.4 Å². The van der Waals surface area contributed by atoms with Crippen LogP contribution in [-0.2, 0) is 4.74 Å². The Morgan fingerprint density at radius 2 is 1.25 bits per heavy atom. The van der Waals surface area contributed by atoms with Crippen molar-refractivity contribution >= 4 is 22.6 Å². The summed E-state index contributed by atoms with van der Waals surface area (Å²) >= 11 is 0. The standard InChI is InChI=1S/C34H37NO/c1-22-15-23(2)18-29(17-22)35(30-19-24(3)16-25(4)20-30)28-10-7-26(8-11-28)27-9-12-31-32(21-27)34(6)14-13-33(31,5)36-34/h7-12,15-20,32H,13-14,21H2,1-6H3. The van der Waals surface area contributed by atoms with E-state index in [4.69, 9.17) is 4.74 Å². The summed E-state index contributed by atoms with van der Waals surface area (Å²) in [6.45, 7) is 13.3. The van der Waals surface area contributed by atoms with Gasteiger partial charge in [-0.2, -0.15) is 0 Å². The van der Waals surface area contributed by atoms with Gasteiger partial charge in [-0.25, -0.2) is 0 Å². The Hall–Kier alpha value is -3.10. The van der Waals surface area contributed by atoms with Crippen molar-refractivity contribution in [2.24, 2.45) is 5.92 Å². The first-order valence-electron chi connectivity index (χ1n) is 13.3. The molecule has 2 fully saturated rings. The van der Waals surface area contributed by atoms with E-state index in [2.05, 4.69) is 119 Å². The maximum atomic E-state index is 6.56. The molecule has 1 aliphatic carbocycles.